The molecule has 0 bridgehead atoms. The van der Waals surface area contributed by atoms with Crippen molar-refractivity contribution in [1.82, 2.24) is 24.4 Å². The Morgan fingerprint density at radius 2 is 1.91 bits per heavy atom. The van der Waals surface area contributed by atoms with Crippen molar-refractivity contribution in [2.45, 2.75) is 19.3 Å². The fourth-order valence-electron chi connectivity index (χ4n) is 4.69. The molecule has 0 unspecified atom stereocenters. The van der Waals surface area contributed by atoms with E-state index in [4.69, 9.17) is 28.9 Å². The molecule has 0 amide bonds. The number of halogens is 2. The third-order valence-corrected chi connectivity index (χ3v) is 6.87. The molecular weight excluding hydrogens is 485 g/mol. The van der Waals surface area contributed by atoms with Crippen molar-refractivity contribution in [2.24, 2.45) is 5.92 Å². The smallest absolute Gasteiger partial charge is 0.355 e. The minimum Gasteiger partial charge on any atom is -0.384 e. The zero-order chi connectivity index (χ0) is 24.7. The van der Waals surface area contributed by atoms with Gasteiger partial charge in [0.1, 0.15) is 5.82 Å². The van der Waals surface area contributed by atoms with Crippen molar-refractivity contribution in [2.75, 3.05) is 31.7 Å². The lowest BCUT2D eigenvalue weighted by Crippen LogP contribution is -2.26. The van der Waals surface area contributed by atoms with Gasteiger partial charge in [-0.2, -0.15) is 9.97 Å². The Bertz CT molecular complexity index is 1460. The fourth-order valence-corrected chi connectivity index (χ4v) is 5.26. The Morgan fingerprint density at radius 3 is 2.66 bits per heavy atom. The number of nitrogens with zero attached hydrogens (tertiary/aromatic N) is 5. The molecule has 4 aromatic rings. The highest BCUT2D eigenvalue weighted by molar-refractivity contribution is 6.37. The third kappa shape index (κ3) is 4.69. The van der Waals surface area contributed by atoms with E-state index in [2.05, 4.69) is 51.4 Å². The number of fused-ring (bicyclic) bond motifs is 2. The second-order valence-electron chi connectivity index (χ2n) is 9.10. The number of aromatic nitrogens is 4. The van der Waals surface area contributed by atoms with Gasteiger partial charge in [-0.1, -0.05) is 35.3 Å². The van der Waals surface area contributed by atoms with Gasteiger partial charge in [0.25, 0.3) is 0 Å². The Balaban J connectivity index is 1.44. The van der Waals surface area contributed by atoms with E-state index < -0.39 is 5.69 Å². The van der Waals surface area contributed by atoms with E-state index >= 15 is 0 Å². The van der Waals surface area contributed by atoms with Gasteiger partial charge in [0, 0.05) is 18.4 Å². The van der Waals surface area contributed by atoms with Crippen molar-refractivity contribution < 1.29 is 0 Å². The van der Waals surface area contributed by atoms with Crippen LogP contribution in [0.15, 0.2) is 47.4 Å². The van der Waals surface area contributed by atoms with Crippen LogP contribution in [0, 0.1) is 5.92 Å². The van der Waals surface area contributed by atoms with E-state index in [9.17, 15) is 4.79 Å². The lowest BCUT2D eigenvalue weighted by atomic mass is 9.83. The highest BCUT2D eigenvalue weighted by Crippen LogP contribution is 2.31. The van der Waals surface area contributed by atoms with Crippen LogP contribution in [0.1, 0.15) is 17.5 Å². The van der Waals surface area contributed by atoms with Crippen LogP contribution >= 0.6 is 23.2 Å². The zero-order valence-corrected chi connectivity index (χ0v) is 20.9. The number of nitrogens with one attached hydrogen (secondary N) is 1. The maximum atomic E-state index is 12.9. The number of nitrogens with two attached hydrogens (primary N) is 1. The van der Waals surface area contributed by atoms with E-state index in [1.807, 2.05) is 6.07 Å². The fraction of sp³-hybridized carbons (Fsp3) is 0.280. The Kier molecular flexibility index (Phi) is 6.35. The predicted molar refractivity (Wildman–Crippen MR) is 141 cm³/mol. The maximum absolute atomic E-state index is 12.9. The summed E-state index contributed by atoms with van der Waals surface area (Å²) in [7, 11) is 4.24. The van der Waals surface area contributed by atoms with Gasteiger partial charge in [-0.3, -0.25) is 0 Å². The van der Waals surface area contributed by atoms with Gasteiger partial charge < -0.3 is 16.0 Å². The lowest BCUT2D eigenvalue weighted by Gasteiger charge is -2.27. The molecule has 2 aromatic carbocycles. The second kappa shape index (κ2) is 9.45. The molecule has 2 heterocycles. The van der Waals surface area contributed by atoms with Crippen molar-refractivity contribution in [1.29, 1.82) is 0 Å². The third-order valence-electron chi connectivity index (χ3n) is 6.26. The summed E-state index contributed by atoms with van der Waals surface area (Å²) in [6, 6.07) is 11.3. The number of nitrogen functional groups attached to an aromatic ring is 1. The summed E-state index contributed by atoms with van der Waals surface area (Å²) < 4.78 is 1.18. The largest absolute Gasteiger partial charge is 0.384 e. The minimum atomic E-state index is -0.629. The van der Waals surface area contributed by atoms with Crippen LogP contribution in [0.2, 0.25) is 10.0 Å². The molecule has 8 nitrogen and oxygen atoms in total. The van der Waals surface area contributed by atoms with Gasteiger partial charge in [-0.15, -0.1) is 0 Å². The van der Waals surface area contributed by atoms with Gasteiger partial charge in [-0.05, 0) is 74.7 Å². The first-order valence-corrected chi connectivity index (χ1v) is 12.1. The highest BCUT2D eigenvalue weighted by atomic mass is 35.5. The molecule has 10 heteroatoms. The summed E-state index contributed by atoms with van der Waals surface area (Å²) in [6.07, 6.45) is 4.85. The molecular formula is C25H25Cl2N7O. The van der Waals surface area contributed by atoms with Crippen molar-refractivity contribution >= 4 is 51.7 Å². The standard InChI is InChI=1S/C25H25Cl2N7O/c1-33(2)13-14-6-7-16-11-17(9-8-15(16)10-14)30-24-29-12-18-22(28)34(25(35)32-23(18)31-24)21-19(26)4-3-5-20(21)27/h3-5,8-9,11-12,14H,6-7,10,13,28H2,1-2H3,(H,30,31,32,35)/t14-/m1/s1. The molecule has 0 fully saturated rings. The van der Waals surface area contributed by atoms with Gasteiger partial charge in [-0.25, -0.2) is 14.3 Å². The van der Waals surface area contributed by atoms with Crippen LogP contribution in [-0.2, 0) is 12.8 Å². The number of aryl methyl sites for hydroxylation is 1. The summed E-state index contributed by atoms with van der Waals surface area (Å²) in [5, 5.41) is 4.22. The van der Waals surface area contributed by atoms with Crippen LogP contribution in [0.5, 0.6) is 0 Å². The maximum Gasteiger partial charge on any atom is 0.355 e. The van der Waals surface area contributed by atoms with Crippen molar-refractivity contribution in [3.05, 3.63) is 74.3 Å². The topological polar surface area (TPSA) is 102 Å². The number of para-hydroxylation sites is 1. The van der Waals surface area contributed by atoms with Crippen molar-refractivity contribution in [3.63, 3.8) is 0 Å². The zero-order valence-electron chi connectivity index (χ0n) is 19.4. The quantitative estimate of drug-likeness (QED) is 0.408. The summed E-state index contributed by atoms with van der Waals surface area (Å²) >= 11 is 12.6. The van der Waals surface area contributed by atoms with E-state index in [-0.39, 0.29) is 27.2 Å². The first-order valence-electron chi connectivity index (χ1n) is 11.3. The Labute approximate surface area is 212 Å². The van der Waals surface area contributed by atoms with E-state index in [0.29, 0.717) is 17.3 Å². The molecule has 5 rings (SSSR count). The summed E-state index contributed by atoms with van der Waals surface area (Å²) in [4.78, 5) is 28.0. The second-order valence-corrected chi connectivity index (χ2v) is 9.91. The van der Waals surface area contributed by atoms with Gasteiger partial charge in [0.15, 0.2) is 5.65 Å². The molecule has 1 aliphatic carbocycles. The van der Waals surface area contributed by atoms with Crippen LogP contribution in [-0.4, -0.2) is 45.1 Å². The Hall–Kier alpha value is -3.20. The van der Waals surface area contributed by atoms with Crippen LogP contribution in [0.25, 0.3) is 16.7 Å². The molecule has 3 N–H and O–H groups in total. The first-order chi connectivity index (χ1) is 16.8. The normalized spacial score (nSPS) is 15.4. The molecule has 35 heavy (non-hydrogen) atoms. The number of rotatable bonds is 5. The van der Waals surface area contributed by atoms with Gasteiger partial charge >= 0.3 is 5.69 Å². The summed E-state index contributed by atoms with van der Waals surface area (Å²) in [6.45, 7) is 1.10. The summed E-state index contributed by atoms with van der Waals surface area (Å²) in [5.74, 6) is 1.13. The molecule has 0 radical (unpaired) electrons. The van der Waals surface area contributed by atoms with Crippen LogP contribution < -0.4 is 16.7 Å². The molecule has 1 aliphatic rings. The molecule has 1 atom stereocenters. The molecule has 0 saturated carbocycles. The monoisotopic (exact) mass is 509 g/mol. The molecule has 2 aromatic heterocycles. The van der Waals surface area contributed by atoms with Crippen LogP contribution in [0.4, 0.5) is 17.5 Å². The highest BCUT2D eigenvalue weighted by Gasteiger charge is 2.20. The van der Waals surface area contributed by atoms with E-state index in [0.717, 1.165) is 25.1 Å². The average molecular weight is 510 g/mol. The molecule has 0 spiro atoms. The lowest BCUT2D eigenvalue weighted by molar-refractivity contribution is 0.303. The van der Waals surface area contributed by atoms with E-state index in [1.165, 1.54) is 28.3 Å². The van der Waals surface area contributed by atoms with Crippen molar-refractivity contribution in [3.8, 4) is 5.69 Å². The number of benzene rings is 2. The number of anilines is 3. The van der Waals surface area contributed by atoms with Gasteiger partial charge in [0.2, 0.25) is 5.95 Å². The number of hydrogen-bond acceptors (Lipinski definition) is 7. The predicted octanol–water partition coefficient (Wildman–Crippen LogP) is 4.47. The average Bonchev–Trinajstić information content (AvgIpc) is 2.80. The first kappa shape index (κ1) is 23.5. The molecule has 0 saturated heterocycles. The number of hydrogen-bond donors (Lipinski definition) is 2. The minimum absolute atomic E-state index is 0.114. The van der Waals surface area contributed by atoms with E-state index in [1.54, 1.807) is 18.2 Å². The molecule has 180 valence electrons. The SMILES string of the molecule is CN(C)C[C@@H]1CCc2cc(Nc3ncc4c(N)n(-c5c(Cl)cccc5Cl)c(=O)nc4n3)ccc2C1. The Morgan fingerprint density at radius 1 is 1.14 bits per heavy atom. The van der Waals surface area contributed by atoms with Crippen LogP contribution in [0.3, 0.4) is 0 Å². The van der Waals surface area contributed by atoms with Gasteiger partial charge in [0.05, 0.1) is 21.1 Å². The summed E-state index contributed by atoms with van der Waals surface area (Å²) in [5.41, 5.74) is 9.76. The molecule has 0 aliphatic heterocycles.